The SMILES string of the molecule is COc1ccc2cc1Oc1ccc(cc1)CC1c3cc(c(OC)cc3CCN1C)Oc1c(OC(=O)CCCC(=O)O)c(OC)cc3c1C(C2)N(C)CC3. The molecule has 2 atom stereocenters. The molecule has 6 bridgehead atoms. The predicted molar refractivity (Wildman–Crippen MR) is 198 cm³/mol. The maximum Gasteiger partial charge on any atom is 0.311 e. The van der Waals surface area contributed by atoms with Crippen LogP contribution in [0, 0.1) is 0 Å². The molecule has 0 radical (unpaired) electrons. The van der Waals surface area contributed by atoms with Gasteiger partial charge in [0.1, 0.15) is 5.75 Å². The first-order valence-corrected chi connectivity index (χ1v) is 18.0. The summed E-state index contributed by atoms with van der Waals surface area (Å²) in [4.78, 5) is 29.2. The summed E-state index contributed by atoms with van der Waals surface area (Å²) in [6, 6.07) is 20.1. The quantitative estimate of drug-likeness (QED) is 0.146. The fourth-order valence-corrected chi connectivity index (χ4v) is 7.73. The number of hydrogen-bond donors (Lipinski definition) is 1. The Hall–Kier alpha value is -5.26. The van der Waals surface area contributed by atoms with Crippen LogP contribution in [-0.2, 0) is 35.3 Å². The molecule has 278 valence electrons. The van der Waals surface area contributed by atoms with Crippen molar-refractivity contribution in [2.75, 3.05) is 48.5 Å². The molecule has 1 N–H and O–H groups in total. The van der Waals surface area contributed by atoms with Gasteiger partial charge in [-0.05, 0) is 116 Å². The lowest BCUT2D eigenvalue weighted by molar-refractivity contribution is -0.137. The maximum atomic E-state index is 13.4. The van der Waals surface area contributed by atoms with Crippen molar-refractivity contribution in [2.24, 2.45) is 0 Å². The van der Waals surface area contributed by atoms with Gasteiger partial charge in [-0.15, -0.1) is 0 Å². The molecular weight excluding hydrogens is 676 g/mol. The Morgan fingerprint density at radius 1 is 0.736 bits per heavy atom. The molecule has 0 fully saturated rings. The van der Waals surface area contributed by atoms with Gasteiger partial charge in [-0.3, -0.25) is 19.4 Å². The van der Waals surface area contributed by atoms with Crippen LogP contribution in [0.25, 0.3) is 0 Å². The zero-order chi connectivity index (χ0) is 37.2. The molecule has 11 nitrogen and oxygen atoms in total. The number of esters is 1. The second-order valence-electron chi connectivity index (χ2n) is 14.0. The molecule has 0 saturated heterocycles. The van der Waals surface area contributed by atoms with Crippen LogP contribution < -0.4 is 28.4 Å². The van der Waals surface area contributed by atoms with Crippen molar-refractivity contribution < 1.29 is 43.1 Å². The Morgan fingerprint density at radius 3 is 2.09 bits per heavy atom. The zero-order valence-corrected chi connectivity index (χ0v) is 30.9. The van der Waals surface area contributed by atoms with E-state index in [0.717, 1.165) is 53.7 Å². The van der Waals surface area contributed by atoms with E-state index in [1.807, 2.05) is 36.4 Å². The van der Waals surface area contributed by atoms with Crippen molar-refractivity contribution in [1.82, 2.24) is 9.80 Å². The number of carboxylic acid groups (broad SMARTS) is 1. The largest absolute Gasteiger partial charge is 0.493 e. The van der Waals surface area contributed by atoms with E-state index in [9.17, 15) is 14.7 Å². The van der Waals surface area contributed by atoms with Crippen LogP contribution in [0.5, 0.6) is 46.0 Å². The van der Waals surface area contributed by atoms with Crippen molar-refractivity contribution in [3.8, 4) is 46.0 Å². The molecule has 4 heterocycles. The second-order valence-corrected chi connectivity index (χ2v) is 14.0. The number of carbonyl (C=O) groups is 2. The summed E-state index contributed by atoms with van der Waals surface area (Å²) in [6.07, 6.45) is 2.81. The fourth-order valence-electron chi connectivity index (χ4n) is 7.73. The van der Waals surface area contributed by atoms with Gasteiger partial charge >= 0.3 is 11.9 Å². The van der Waals surface area contributed by atoms with Gasteiger partial charge < -0.3 is 33.5 Å². The van der Waals surface area contributed by atoms with Crippen molar-refractivity contribution in [1.29, 1.82) is 0 Å². The van der Waals surface area contributed by atoms with Gasteiger partial charge in [0.15, 0.2) is 34.5 Å². The molecule has 53 heavy (non-hydrogen) atoms. The fraction of sp³-hybridized carbons (Fsp3) is 0.381. The highest BCUT2D eigenvalue weighted by molar-refractivity contribution is 5.77. The van der Waals surface area contributed by atoms with E-state index in [0.29, 0.717) is 53.1 Å². The highest BCUT2D eigenvalue weighted by atomic mass is 16.6. The summed E-state index contributed by atoms with van der Waals surface area (Å²) >= 11 is 0. The number of benzene rings is 4. The van der Waals surface area contributed by atoms with Crippen molar-refractivity contribution in [3.63, 3.8) is 0 Å². The van der Waals surface area contributed by atoms with E-state index in [4.69, 9.17) is 28.4 Å². The van der Waals surface area contributed by atoms with Crippen LogP contribution in [0.3, 0.4) is 0 Å². The highest BCUT2D eigenvalue weighted by Crippen LogP contribution is 2.52. The third-order valence-corrected chi connectivity index (χ3v) is 10.6. The van der Waals surface area contributed by atoms with Gasteiger partial charge in [-0.2, -0.15) is 0 Å². The van der Waals surface area contributed by atoms with Gasteiger partial charge in [0, 0.05) is 43.6 Å². The second kappa shape index (κ2) is 15.4. The predicted octanol–water partition coefficient (Wildman–Crippen LogP) is 7.31. The Kier molecular flexibility index (Phi) is 10.5. The van der Waals surface area contributed by atoms with E-state index in [1.165, 1.54) is 12.7 Å². The molecule has 4 aromatic rings. The van der Waals surface area contributed by atoms with Crippen LogP contribution in [0.15, 0.2) is 60.7 Å². The first-order chi connectivity index (χ1) is 25.6. The number of aliphatic carboxylic acids is 1. The minimum Gasteiger partial charge on any atom is -0.493 e. The molecule has 8 rings (SSSR count). The normalized spacial score (nSPS) is 18.1. The monoisotopic (exact) mass is 722 g/mol. The van der Waals surface area contributed by atoms with Crippen LogP contribution >= 0.6 is 0 Å². The summed E-state index contributed by atoms with van der Waals surface area (Å²) < 4.78 is 37.2. The summed E-state index contributed by atoms with van der Waals surface area (Å²) in [7, 11) is 9.02. The van der Waals surface area contributed by atoms with E-state index in [1.54, 1.807) is 14.2 Å². The highest BCUT2D eigenvalue weighted by Gasteiger charge is 2.35. The number of methoxy groups -OCH3 is 3. The lowest BCUT2D eigenvalue weighted by Crippen LogP contribution is -2.34. The molecule has 4 aliphatic heterocycles. The maximum absolute atomic E-state index is 13.4. The van der Waals surface area contributed by atoms with E-state index in [-0.39, 0.29) is 37.1 Å². The number of fused-ring (bicyclic) bond motifs is 2. The van der Waals surface area contributed by atoms with Gasteiger partial charge in [-0.25, -0.2) is 0 Å². The molecule has 0 saturated carbocycles. The summed E-state index contributed by atoms with van der Waals surface area (Å²) in [5, 5.41) is 9.19. The Morgan fingerprint density at radius 2 is 1.38 bits per heavy atom. The molecule has 2 unspecified atom stereocenters. The number of likely N-dealkylation sites (N-methyl/N-ethyl adjacent to an activating group) is 2. The molecule has 0 aliphatic carbocycles. The Balaban J connectivity index is 1.44. The third-order valence-electron chi connectivity index (χ3n) is 10.6. The molecule has 4 aliphatic rings. The molecule has 4 aromatic carbocycles. The summed E-state index contributed by atoms with van der Waals surface area (Å²) in [6.45, 7) is 1.66. The van der Waals surface area contributed by atoms with Crippen LogP contribution in [0.1, 0.15) is 64.7 Å². The first kappa shape index (κ1) is 36.1. The number of nitrogens with zero attached hydrogens (tertiary/aromatic N) is 2. The number of hydrogen-bond acceptors (Lipinski definition) is 10. The Labute approximate surface area is 309 Å². The average Bonchev–Trinajstić information content (AvgIpc) is 3.14. The molecular formula is C42H46N2O9. The van der Waals surface area contributed by atoms with Crippen LogP contribution in [0.4, 0.5) is 0 Å². The van der Waals surface area contributed by atoms with Gasteiger partial charge in [0.2, 0.25) is 5.75 Å². The van der Waals surface area contributed by atoms with Crippen molar-refractivity contribution in [3.05, 3.63) is 94.0 Å². The third kappa shape index (κ3) is 7.49. The van der Waals surface area contributed by atoms with E-state index >= 15 is 0 Å². The van der Waals surface area contributed by atoms with E-state index in [2.05, 4.69) is 48.2 Å². The van der Waals surface area contributed by atoms with Crippen LogP contribution in [-0.4, -0.2) is 75.4 Å². The molecule has 0 spiro atoms. The smallest absolute Gasteiger partial charge is 0.311 e. The summed E-state index contributed by atoms with van der Waals surface area (Å²) in [5.41, 5.74) is 6.37. The van der Waals surface area contributed by atoms with E-state index < -0.39 is 11.9 Å². The van der Waals surface area contributed by atoms with Crippen molar-refractivity contribution in [2.45, 2.75) is 57.0 Å². The summed E-state index contributed by atoms with van der Waals surface area (Å²) in [5.74, 6) is 2.32. The number of rotatable bonds is 8. The Bertz CT molecular complexity index is 2010. The zero-order valence-electron chi connectivity index (χ0n) is 30.9. The number of ether oxygens (including phenoxy) is 6. The van der Waals surface area contributed by atoms with Gasteiger partial charge in [-0.1, -0.05) is 18.2 Å². The van der Waals surface area contributed by atoms with Gasteiger partial charge in [0.05, 0.1) is 21.3 Å². The topological polar surface area (TPSA) is 116 Å². The number of carboxylic acids is 1. The van der Waals surface area contributed by atoms with Crippen molar-refractivity contribution >= 4 is 11.9 Å². The lowest BCUT2D eigenvalue weighted by atomic mass is 9.87. The number of carbonyl (C=O) groups excluding carboxylic acids is 1. The minimum atomic E-state index is -0.975. The molecule has 0 aromatic heterocycles. The first-order valence-electron chi connectivity index (χ1n) is 18.0. The molecule has 0 amide bonds. The average molecular weight is 723 g/mol. The standard InChI is InChI=1S/C42H46N2O9/c1-43-17-15-27-22-34(49-4)36-24-30(27)31(43)19-25-9-12-29(13-10-25)51-35-21-26(11-14-33(35)48-3)20-32-40-28(16-18-44(32)2)23-37(50-5)41(42(40)52-36)53-39(47)8-6-7-38(45)46/h9-14,21-24,31-32H,6-8,15-20H2,1-5H3,(H,45,46). The van der Waals surface area contributed by atoms with Crippen LogP contribution in [0.2, 0.25) is 0 Å². The van der Waals surface area contributed by atoms with Gasteiger partial charge in [0.25, 0.3) is 0 Å². The minimum absolute atomic E-state index is 0.0547. The lowest BCUT2D eigenvalue weighted by Gasteiger charge is -2.37. The molecule has 11 heteroatoms.